The van der Waals surface area contributed by atoms with Crippen LogP contribution in [0, 0.1) is 0 Å². The van der Waals surface area contributed by atoms with Crippen molar-refractivity contribution >= 4 is 35.0 Å². The van der Waals surface area contributed by atoms with Crippen LogP contribution < -0.4 is 14.2 Å². The van der Waals surface area contributed by atoms with Gasteiger partial charge in [0, 0.05) is 0 Å². The number of nitrogens with zero attached hydrogens (tertiary/aromatic N) is 1. The number of ether oxygens (including phenoxy) is 4. The molecule has 168 valence electrons. The minimum atomic E-state index is -0.629. The number of methoxy groups -OCH3 is 1. The Bertz CT molecular complexity index is 1010. The summed E-state index contributed by atoms with van der Waals surface area (Å²) < 4.78 is 21.5. The van der Waals surface area contributed by atoms with Crippen LogP contribution in [0.3, 0.4) is 0 Å². The normalized spacial score (nSPS) is 14.6. The Balaban J connectivity index is 1.62. The van der Waals surface area contributed by atoms with E-state index in [0.29, 0.717) is 30.3 Å². The maximum Gasteiger partial charge on any atom is 0.326 e. The Morgan fingerprint density at radius 3 is 2.50 bits per heavy atom. The number of imide groups is 1. The molecule has 1 aliphatic rings. The highest BCUT2D eigenvalue weighted by Crippen LogP contribution is 2.34. The van der Waals surface area contributed by atoms with Crippen molar-refractivity contribution in [1.82, 2.24) is 4.90 Å². The molecule has 0 unspecified atom stereocenters. The summed E-state index contributed by atoms with van der Waals surface area (Å²) in [5.41, 5.74) is 0.649. The zero-order valence-electron chi connectivity index (χ0n) is 17.7. The van der Waals surface area contributed by atoms with Gasteiger partial charge in [-0.2, -0.15) is 0 Å². The average molecular weight is 458 g/mol. The summed E-state index contributed by atoms with van der Waals surface area (Å²) in [6, 6.07) is 14.6. The van der Waals surface area contributed by atoms with Crippen molar-refractivity contribution in [2.24, 2.45) is 0 Å². The summed E-state index contributed by atoms with van der Waals surface area (Å²) in [7, 11) is 1.51. The van der Waals surface area contributed by atoms with Gasteiger partial charge >= 0.3 is 5.97 Å². The van der Waals surface area contributed by atoms with Gasteiger partial charge in [-0.25, -0.2) is 0 Å². The van der Waals surface area contributed by atoms with E-state index in [1.807, 2.05) is 30.3 Å². The Morgan fingerprint density at radius 1 is 1.03 bits per heavy atom. The molecule has 3 rings (SSSR count). The Labute approximate surface area is 190 Å². The lowest BCUT2D eigenvalue weighted by Gasteiger charge is -2.12. The molecule has 1 fully saturated rings. The molecule has 8 nitrogen and oxygen atoms in total. The third-order valence-corrected chi connectivity index (χ3v) is 5.21. The number of hydrogen-bond acceptors (Lipinski definition) is 8. The molecule has 0 aromatic heterocycles. The summed E-state index contributed by atoms with van der Waals surface area (Å²) >= 11 is 0.771. The second kappa shape index (κ2) is 11.2. The standard InChI is InChI=1S/C23H23NO7S/c1-3-29-21(25)15-24-22(26)20(32-23(24)27)14-16-9-10-18(19(13-16)28-2)31-12-11-30-17-7-5-4-6-8-17/h4-10,13-14H,3,11-12,15H2,1-2H3/b20-14-. The second-order valence-electron chi connectivity index (χ2n) is 6.49. The van der Waals surface area contributed by atoms with Crippen molar-refractivity contribution < 1.29 is 33.3 Å². The number of amides is 2. The molecule has 2 aromatic rings. The van der Waals surface area contributed by atoms with Crippen LogP contribution in [0.15, 0.2) is 53.4 Å². The van der Waals surface area contributed by atoms with Crippen molar-refractivity contribution in [3.63, 3.8) is 0 Å². The predicted octanol–water partition coefficient (Wildman–Crippen LogP) is 3.75. The first kappa shape index (κ1) is 23.2. The number of carbonyl (C=O) groups excluding carboxylic acids is 3. The van der Waals surface area contributed by atoms with Crippen LogP contribution in [0.2, 0.25) is 0 Å². The summed E-state index contributed by atoms with van der Waals surface area (Å²) in [5.74, 6) is 0.595. The third-order valence-electron chi connectivity index (χ3n) is 4.30. The van der Waals surface area contributed by atoms with Crippen molar-refractivity contribution in [2.75, 3.05) is 33.5 Å². The smallest absolute Gasteiger partial charge is 0.326 e. The van der Waals surface area contributed by atoms with Gasteiger partial charge in [-0.3, -0.25) is 19.3 Å². The molecule has 0 atom stereocenters. The number of carbonyl (C=O) groups is 3. The molecule has 0 radical (unpaired) electrons. The van der Waals surface area contributed by atoms with Gasteiger partial charge in [-0.05, 0) is 54.6 Å². The fraction of sp³-hybridized carbons (Fsp3) is 0.261. The molecule has 1 saturated heterocycles. The number of esters is 1. The summed E-state index contributed by atoms with van der Waals surface area (Å²) in [6.07, 6.45) is 1.57. The van der Waals surface area contributed by atoms with Gasteiger partial charge in [-0.1, -0.05) is 24.3 Å². The van der Waals surface area contributed by atoms with Crippen LogP contribution in [-0.4, -0.2) is 55.5 Å². The Hall–Kier alpha value is -3.46. The lowest BCUT2D eigenvalue weighted by Crippen LogP contribution is -2.34. The Kier molecular flexibility index (Phi) is 8.15. The molecule has 32 heavy (non-hydrogen) atoms. The highest BCUT2D eigenvalue weighted by molar-refractivity contribution is 8.18. The lowest BCUT2D eigenvalue weighted by molar-refractivity contribution is -0.145. The van der Waals surface area contributed by atoms with E-state index in [4.69, 9.17) is 18.9 Å². The maximum absolute atomic E-state index is 12.5. The molecule has 0 bridgehead atoms. The number of hydrogen-bond donors (Lipinski definition) is 0. The largest absolute Gasteiger partial charge is 0.493 e. The van der Waals surface area contributed by atoms with Crippen LogP contribution in [-0.2, 0) is 14.3 Å². The zero-order chi connectivity index (χ0) is 22.9. The van der Waals surface area contributed by atoms with Gasteiger partial charge in [0.05, 0.1) is 18.6 Å². The fourth-order valence-corrected chi connectivity index (χ4v) is 3.68. The summed E-state index contributed by atoms with van der Waals surface area (Å²) in [5, 5.41) is -0.514. The van der Waals surface area contributed by atoms with E-state index in [2.05, 4.69) is 0 Å². The van der Waals surface area contributed by atoms with Gasteiger partial charge in [0.15, 0.2) is 11.5 Å². The van der Waals surface area contributed by atoms with E-state index < -0.39 is 23.7 Å². The predicted molar refractivity (Wildman–Crippen MR) is 120 cm³/mol. The molecule has 0 N–H and O–H groups in total. The van der Waals surface area contributed by atoms with Crippen molar-refractivity contribution in [2.45, 2.75) is 6.92 Å². The van der Waals surface area contributed by atoms with E-state index in [-0.39, 0.29) is 11.5 Å². The van der Waals surface area contributed by atoms with Crippen LogP contribution in [0.5, 0.6) is 17.2 Å². The molecule has 0 aliphatic carbocycles. The summed E-state index contributed by atoms with van der Waals surface area (Å²) in [6.45, 7) is 2.11. The van der Waals surface area contributed by atoms with Crippen LogP contribution in [0.4, 0.5) is 4.79 Å². The molecular formula is C23H23NO7S. The molecule has 0 spiro atoms. The fourth-order valence-electron chi connectivity index (χ4n) is 2.84. The van der Waals surface area contributed by atoms with Crippen molar-refractivity contribution in [3.05, 3.63) is 59.0 Å². The number of thioether (sulfide) groups is 1. The molecule has 1 heterocycles. The van der Waals surface area contributed by atoms with Crippen LogP contribution in [0.25, 0.3) is 6.08 Å². The molecule has 2 aromatic carbocycles. The first-order valence-corrected chi connectivity index (χ1v) is 10.7. The quantitative estimate of drug-likeness (QED) is 0.303. The van der Waals surface area contributed by atoms with E-state index >= 15 is 0 Å². The number of para-hydroxylation sites is 1. The first-order chi connectivity index (χ1) is 15.5. The van der Waals surface area contributed by atoms with E-state index in [0.717, 1.165) is 22.4 Å². The lowest BCUT2D eigenvalue weighted by atomic mass is 10.2. The molecule has 1 aliphatic heterocycles. The highest BCUT2D eigenvalue weighted by Gasteiger charge is 2.36. The zero-order valence-corrected chi connectivity index (χ0v) is 18.6. The maximum atomic E-state index is 12.5. The van der Waals surface area contributed by atoms with Crippen LogP contribution in [0.1, 0.15) is 12.5 Å². The second-order valence-corrected chi connectivity index (χ2v) is 7.49. The molecule has 0 saturated carbocycles. The van der Waals surface area contributed by atoms with Gasteiger partial charge in [-0.15, -0.1) is 0 Å². The number of rotatable bonds is 10. The Morgan fingerprint density at radius 2 is 1.78 bits per heavy atom. The van der Waals surface area contributed by atoms with Gasteiger partial charge in [0.25, 0.3) is 11.1 Å². The minimum Gasteiger partial charge on any atom is -0.493 e. The van der Waals surface area contributed by atoms with E-state index in [1.54, 1.807) is 31.2 Å². The van der Waals surface area contributed by atoms with E-state index in [9.17, 15) is 14.4 Å². The summed E-state index contributed by atoms with van der Waals surface area (Å²) in [4.78, 5) is 37.3. The van der Waals surface area contributed by atoms with Gasteiger partial charge in [0.1, 0.15) is 25.5 Å². The molecule has 2 amide bonds. The SMILES string of the molecule is CCOC(=O)CN1C(=O)S/C(=C\c2ccc(OCCOc3ccccc3)c(OC)c2)C1=O. The minimum absolute atomic E-state index is 0.178. The van der Waals surface area contributed by atoms with Crippen molar-refractivity contribution in [3.8, 4) is 17.2 Å². The van der Waals surface area contributed by atoms with Crippen molar-refractivity contribution in [1.29, 1.82) is 0 Å². The van der Waals surface area contributed by atoms with Gasteiger partial charge in [0.2, 0.25) is 0 Å². The molecule has 9 heteroatoms. The van der Waals surface area contributed by atoms with Gasteiger partial charge < -0.3 is 18.9 Å². The monoisotopic (exact) mass is 457 g/mol. The highest BCUT2D eigenvalue weighted by atomic mass is 32.2. The topological polar surface area (TPSA) is 91.4 Å². The number of benzene rings is 2. The average Bonchev–Trinajstić information content (AvgIpc) is 3.05. The molecular weight excluding hydrogens is 434 g/mol. The third kappa shape index (κ3) is 6.04. The van der Waals surface area contributed by atoms with Crippen LogP contribution >= 0.6 is 11.8 Å². The first-order valence-electron chi connectivity index (χ1n) is 9.91. The van der Waals surface area contributed by atoms with E-state index in [1.165, 1.54) is 7.11 Å².